The average Bonchev–Trinajstić information content (AvgIpc) is 2.72. The van der Waals surface area contributed by atoms with E-state index in [1.165, 1.54) is 0 Å². The Labute approximate surface area is 116 Å². The summed E-state index contributed by atoms with van der Waals surface area (Å²) in [5.74, 6) is -0.436. The van der Waals surface area contributed by atoms with Crippen LogP contribution in [0.2, 0.25) is 0 Å². The van der Waals surface area contributed by atoms with Gasteiger partial charge >= 0.3 is 0 Å². The molecule has 1 aromatic heterocycles. The van der Waals surface area contributed by atoms with Crippen LogP contribution in [0.3, 0.4) is 0 Å². The number of carbonyl (C=O) groups is 2. The third kappa shape index (κ3) is 3.82. The lowest BCUT2D eigenvalue weighted by atomic mass is 10.3. The normalized spacial score (nSPS) is 10.2. The van der Waals surface area contributed by atoms with Crippen LogP contribution < -0.4 is 16.8 Å². The molecule has 0 aromatic carbocycles. The van der Waals surface area contributed by atoms with Gasteiger partial charge in [-0.2, -0.15) is 4.37 Å². The third-order valence-electron chi connectivity index (χ3n) is 2.71. The first-order valence-corrected chi connectivity index (χ1v) is 6.85. The summed E-state index contributed by atoms with van der Waals surface area (Å²) < 4.78 is 3.86. The van der Waals surface area contributed by atoms with Crippen LogP contribution in [0.4, 0.5) is 10.8 Å². The topological polar surface area (TPSA) is 114 Å². The Kier molecular flexibility index (Phi) is 5.56. The number of nitrogens with one attached hydrogen (secondary N) is 1. The van der Waals surface area contributed by atoms with E-state index in [1.54, 1.807) is 4.90 Å². The molecular weight excluding hydrogens is 266 g/mol. The molecule has 0 unspecified atom stereocenters. The molecule has 106 valence electrons. The molecule has 0 bridgehead atoms. The maximum atomic E-state index is 11.8. The number of nitrogens with zero attached hydrogens (tertiary/aromatic N) is 2. The van der Waals surface area contributed by atoms with Crippen LogP contribution in [-0.4, -0.2) is 40.7 Å². The molecule has 19 heavy (non-hydrogen) atoms. The number of primary amides is 1. The van der Waals surface area contributed by atoms with Crippen molar-refractivity contribution in [2.75, 3.05) is 30.7 Å². The van der Waals surface area contributed by atoms with Crippen molar-refractivity contribution in [2.45, 2.75) is 20.3 Å². The van der Waals surface area contributed by atoms with E-state index in [4.69, 9.17) is 11.5 Å². The smallest absolute Gasteiger partial charge is 0.255 e. The molecule has 0 aliphatic carbocycles. The number of carbonyl (C=O) groups excluding carboxylic acids is 2. The number of rotatable bonds is 7. The van der Waals surface area contributed by atoms with Gasteiger partial charge < -0.3 is 21.7 Å². The van der Waals surface area contributed by atoms with Crippen molar-refractivity contribution < 1.29 is 9.59 Å². The Balaban J connectivity index is 2.54. The number of anilines is 2. The van der Waals surface area contributed by atoms with Gasteiger partial charge in [0.2, 0.25) is 5.91 Å². The third-order valence-corrected chi connectivity index (χ3v) is 3.52. The predicted octanol–water partition coefficient (Wildman–Crippen LogP) is 0.495. The Bertz CT molecular complexity index is 456. The Morgan fingerprint density at radius 1 is 1.37 bits per heavy atom. The fourth-order valence-corrected chi connectivity index (χ4v) is 2.42. The van der Waals surface area contributed by atoms with Crippen molar-refractivity contribution in [2.24, 2.45) is 5.73 Å². The highest BCUT2D eigenvalue weighted by Gasteiger charge is 2.17. The molecule has 1 aromatic rings. The van der Waals surface area contributed by atoms with Gasteiger partial charge in [-0.25, -0.2) is 0 Å². The molecule has 0 aliphatic rings. The molecule has 1 heterocycles. The van der Waals surface area contributed by atoms with Crippen molar-refractivity contribution in [1.82, 2.24) is 9.27 Å². The van der Waals surface area contributed by atoms with Gasteiger partial charge in [-0.3, -0.25) is 9.59 Å². The molecule has 0 saturated heterocycles. The van der Waals surface area contributed by atoms with Crippen LogP contribution in [0.15, 0.2) is 0 Å². The zero-order valence-electron chi connectivity index (χ0n) is 11.1. The summed E-state index contributed by atoms with van der Waals surface area (Å²) in [6, 6.07) is 0. The molecule has 2 amide bonds. The van der Waals surface area contributed by atoms with Crippen LogP contribution in [-0.2, 0) is 4.79 Å². The van der Waals surface area contributed by atoms with Gasteiger partial charge in [0, 0.05) is 26.1 Å². The van der Waals surface area contributed by atoms with E-state index in [0.717, 1.165) is 11.5 Å². The van der Waals surface area contributed by atoms with E-state index in [2.05, 4.69) is 9.69 Å². The molecule has 1 rings (SSSR count). The number of aromatic nitrogens is 1. The van der Waals surface area contributed by atoms with E-state index in [1.807, 2.05) is 13.8 Å². The summed E-state index contributed by atoms with van der Waals surface area (Å²) in [5, 5.41) is 3.49. The zero-order chi connectivity index (χ0) is 14.4. The van der Waals surface area contributed by atoms with Crippen molar-refractivity contribution in [3.63, 3.8) is 0 Å². The second-order valence-corrected chi connectivity index (χ2v) is 4.65. The second-order valence-electron chi connectivity index (χ2n) is 3.88. The molecule has 8 heteroatoms. The lowest BCUT2D eigenvalue weighted by Gasteiger charge is -2.18. The second kappa shape index (κ2) is 6.93. The maximum Gasteiger partial charge on any atom is 0.255 e. The summed E-state index contributed by atoms with van der Waals surface area (Å²) in [7, 11) is 0. The summed E-state index contributed by atoms with van der Waals surface area (Å²) in [6.07, 6.45) is 0.345. The lowest BCUT2D eigenvalue weighted by molar-refractivity contribution is -0.130. The fourth-order valence-electron chi connectivity index (χ4n) is 1.68. The van der Waals surface area contributed by atoms with Crippen LogP contribution in [0, 0.1) is 0 Å². The SMILES string of the molecule is CCN(CC)C(=O)CCNc1snc(N)c1C(N)=O. The molecular formula is C11H19N5O2S. The summed E-state index contributed by atoms with van der Waals surface area (Å²) in [5.41, 5.74) is 11.0. The van der Waals surface area contributed by atoms with Gasteiger partial charge in [0.05, 0.1) is 0 Å². The van der Waals surface area contributed by atoms with Crippen molar-refractivity contribution >= 4 is 34.2 Å². The van der Waals surface area contributed by atoms with Crippen molar-refractivity contribution in [3.8, 4) is 0 Å². The summed E-state index contributed by atoms with van der Waals surface area (Å²) >= 11 is 1.06. The number of nitrogen functional groups attached to an aromatic ring is 1. The van der Waals surface area contributed by atoms with Gasteiger partial charge in [0.15, 0.2) is 5.82 Å². The number of amides is 2. The van der Waals surface area contributed by atoms with Crippen molar-refractivity contribution in [3.05, 3.63) is 5.56 Å². The lowest BCUT2D eigenvalue weighted by Crippen LogP contribution is -2.31. The highest BCUT2D eigenvalue weighted by atomic mass is 32.1. The van der Waals surface area contributed by atoms with Crippen molar-refractivity contribution in [1.29, 1.82) is 0 Å². The Morgan fingerprint density at radius 2 is 2.00 bits per heavy atom. The quantitative estimate of drug-likeness (QED) is 0.674. The molecule has 7 nitrogen and oxygen atoms in total. The first-order chi connectivity index (χ1) is 9.01. The van der Waals surface area contributed by atoms with E-state index in [9.17, 15) is 9.59 Å². The number of hydrogen-bond donors (Lipinski definition) is 3. The van der Waals surface area contributed by atoms with Crippen LogP contribution in [0.25, 0.3) is 0 Å². The van der Waals surface area contributed by atoms with Gasteiger partial charge in [0.25, 0.3) is 5.91 Å². The standard InChI is InChI=1S/C11H19N5O2S/c1-3-16(4-2)7(17)5-6-14-11-8(10(13)18)9(12)15-19-11/h14H,3-6H2,1-2H3,(H2,12,15)(H2,13,18). The van der Waals surface area contributed by atoms with Crippen LogP contribution in [0.1, 0.15) is 30.6 Å². The maximum absolute atomic E-state index is 11.8. The summed E-state index contributed by atoms with van der Waals surface area (Å²) in [6.45, 7) is 5.66. The minimum atomic E-state index is -0.621. The molecule has 0 fully saturated rings. The average molecular weight is 285 g/mol. The van der Waals surface area contributed by atoms with E-state index < -0.39 is 5.91 Å². The number of nitrogens with two attached hydrogens (primary N) is 2. The molecule has 0 saturated carbocycles. The van der Waals surface area contributed by atoms with E-state index in [0.29, 0.717) is 31.1 Å². The van der Waals surface area contributed by atoms with Gasteiger partial charge in [-0.15, -0.1) is 0 Å². The first kappa shape index (κ1) is 15.2. The number of hydrogen-bond acceptors (Lipinski definition) is 6. The van der Waals surface area contributed by atoms with Gasteiger partial charge in [0.1, 0.15) is 10.6 Å². The minimum Gasteiger partial charge on any atom is -0.382 e. The minimum absolute atomic E-state index is 0.0654. The molecule has 0 aliphatic heterocycles. The van der Waals surface area contributed by atoms with E-state index >= 15 is 0 Å². The Hall–Kier alpha value is -1.83. The molecule has 0 spiro atoms. The highest BCUT2D eigenvalue weighted by Crippen LogP contribution is 2.25. The van der Waals surface area contributed by atoms with E-state index in [-0.39, 0.29) is 17.3 Å². The molecule has 5 N–H and O–H groups in total. The first-order valence-electron chi connectivity index (χ1n) is 6.07. The van der Waals surface area contributed by atoms with Crippen LogP contribution in [0.5, 0.6) is 0 Å². The predicted molar refractivity (Wildman–Crippen MR) is 76.1 cm³/mol. The molecule has 0 radical (unpaired) electrons. The monoisotopic (exact) mass is 285 g/mol. The zero-order valence-corrected chi connectivity index (χ0v) is 11.9. The Morgan fingerprint density at radius 3 is 2.53 bits per heavy atom. The van der Waals surface area contributed by atoms with Crippen LogP contribution >= 0.6 is 11.5 Å². The highest BCUT2D eigenvalue weighted by molar-refractivity contribution is 7.11. The van der Waals surface area contributed by atoms with Gasteiger partial charge in [-0.05, 0) is 25.4 Å². The van der Waals surface area contributed by atoms with Gasteiger partial charge in [-0.1, -0.05) is 0 Å². The fraction of sp³-hybridized carbons (Fsp3) is 0.545. The summed E-state index contributed by atoms with van der Waals surface area (Å²) in [4.78, 5) is 24.7. The molecule has 0 atom stereocenters. The largest absolute Gasteiger partial charge is 0.382 e.